The summed E-state index contributed by atoms with van der Waals surface area (Å²) >= 11 is 0. The number of anilines is 1. The van der Waals surface area contributed by atoms with E-state index in [-0.39, 0.29) is 56.7 Å². The van der Waals surface area contributed by atoms with E-state index < -0.39 is 23.0 Å². The van der Waals surface area contributed by atoms with Crippen molar-refractivity contribution in [1.82, 2.24) is 25.1 Å². The minimum Gasteiger partial charge on any atom is -0.508 e. The van der Waals surface area contributed by atoms with E-state index in [4.69, 9.17) is 16.1 Å². The van der Waals surface area contributed by atoms with Gasteiger partial charge >= 0.3 is 6.01 Å². The number of likely N-dealkylation sites (tertiary alicyclic amines) is 2. The van der Waals surface area contributed by atoms with Crippen LogP contribution < -0.4 is 15.0 Å². The third-order valence-corrected chi connectivity index (χ3v) is 12.0. The van der Waals surface area contributed by atoms with E-state index >= 15 is 8.78 Å². The van der Waals surface area contributed by atoms with Crippen LogP contribution in [0.1, 0.15) is 44.1 Å². The van der Waals surface area contributed by atoms with Crippen LogP contribution in [0.5, 0.6) is 11.8 Å². The van der Waals surface area contributed by atoms with Crippen molar-refractivity contribution in [3.8, 4) is 35.2 Å². The number of rotatable bonds is 7. The molecule has 4 saturated heterocycles. The molecule has 5 fully saturated rings. The molecular formula is C39H41F3N6O2. The first-order chi connectivity index (χ1) is 24.1. The Bertz CT molecular complexity index is 2050. The van der Waals surface area contributed by atoms with Crippen LogP contribution in [0.4, 0.5) is 19.0 Å². The maximum Gasteiger partial charge on any atom is 0.319 e. The number of terminal acetylenes is 1. The van der Waals surface area contributed by atoms with Crippen molar-refractivity contribution in [2.75, 3.05) is 64.4 Å². The van der Waals surface area contributed by atoms with E-state index in [9.17, 15) is 9.50 Å². The van der Waals surface area contributed by atoms with Crippen LogP contribution >= 0.6 is 0 Å². The molecule has 50 heavy (non-hydrogen) atoms. The Hall–Kier alpha value is -4.11. The lowest BCUT2D eigenvalue weighted by atomic mass is 9.72. The Labute approximate surface area is 289 Å². The molecule has 1 spiro atoms. The van der Waals surface area contributed by atoms with Crippen molar-refractivity contribution in [1.29, 1.82) is 0 Å². The second-order valence-electron chi connectivity index (χ2n) is 15.7. The minimum absolute atomic E-state index is 0.00375. The topological polar surface area (TPSA) is 77.0 Å². The summed E-state index contributed by atoms with van der Waals surface area (Å²) in [5.74, 6) is -0.00627. The van der Waals surface area contributed by atoms with Crippen LogP contribution in [-0.4, -0.2) is 96.4 Å². The first kappa shape index (κ1) is 31.8. The van der Waals surface area contributed by atoms with Gasteiger partial charge in [0.25, 0.3) is 0 Å². The van der Waals surface area contributed by atoms with Gasteiger partial charge < -0.3 is 29.9 Å². The summed E-state index contributed by atoms with van der Waals surface area (Å²) in [7, 11) is 2.19. The standard InChI is InChI=1S/C39H41F3N6O2/c1-3-27-30(40)7-4-23-14-26(49)15-28(32(23)27)33-31(41)16-29-35(34(33)42)44-37(45-36(29)48-17-24-5-6-25(18-48)43-24)50-22-39(8-9-39)21-47-12-10-38(11-13-47)19-46(2)20-38/h1,4,7,14-16,24-25,43,49H,5-6,8-13,17-22H2,2H3. The summed E-state index contributed by atoms with van der Waals surface area (Å²) in [5, 5.41) is 14.9. The lowest BCUT2D eigenvalue weighted by Crippen LogP contribution is -2.59. The minimum atomic E-state index is -0.948. The predicted molar refractivity (Wildman–Crippen MR) is 187 cm³/mol. The number of hydrogen-bond donors (Lipinski definition) is 2. The average Bonchev–Trinajstić information content (AvgIpc) is 3.77. The van der Waals surface area contributed by atoms with Crippen molar-refractivity contribution in [2.45, 2.75) is 50.6 Å². The quantitative estimate of drug-likeness (QED) is 0.241. The number of piperidine rings is 1. The summed E-state index contributed by atoms with van der Waals surface area (Å²) in [6.07, 6.45) is 12.3. The van der Waals surface area contributed by atoms with E-state index in [1.807, 2.05) is 0 Å². The van der Waals surface area contributed by atoms with Crippen molar-refractivity contribution in [2.24, 2.45) is 10.8 Å². The van der Waals surface area contributed by atoms with Crippen LogP contribution in [-0.2, 0) is 0 Å². The summed E-state index contributed by atoms with van der Waals surface area (Å²) in [4.78, 5) is 16.5. The molecule has 1 saturated carbocycles. The Morgan fingerprint density at radius 1 is 1.00 bits per heavy atom. The molecule has 3 aromatic carbocycles. The lowest BCUT2D eigenvalue weighted by Gasteiger charge is -2.53. The Morgan fingerprint density at radius 3 is 2.42 bits per heavy atom. The zero-order valence-electron chi connectivity index (χ0n) is 28.2. The van der Waals surface area contributed by atoms with Gasteiger partial charge in [0.2, 0.25) is 0 Å². The fourth-order valence-electron chi connectivity index (χ4n) is 9.26. The van der Waals surface area contributed by atoms with Gasteiger partial charge in [-0.1, -0.05) is 12.0 Å². The number of nitrogens with one attached hydrogen (secondary N) is 1. The number of phenolic OH excluding ortho intramolecular Hbond substituents is 1. The fourth-order valence-corrected chi connectivity index (χ4v) is 9.26. The first-order valence-corrected chi connectivity index (χ1v) is 17.8. The van der Waals surface area contributed by atoms with E-state index in [1.165, 1.54) is 56.3 Å². The number of piperazine rings is 1. The zero-order valence-corrected chi connectivity index (χ0v) is 28.2. The summed E-state index contributed by atoms with van der Waals surface area (Å²) in [6, 6.07) is 7.02. The van der Waals surface area contributed by atoms with Crippen LogP contribution in [0, 0.1) is 40.6 Å². The number of benzene rings is 3. The Balaban J connectivity index is 1.09. The summed E-state index contributed by atoms with van der Waals surface area (Å²) < 4.78 is 54.6. The SMILES string of the molecule is C#Cc1c(F)ccc2cc(O)cc(-c3c(F)cc4c(N5CC6CCC(C5)N6)nc(OCC5(CN6CCC7(CC6)CN(C)C7)CC5)nc4c3F)c12. The smallest absolute Gasteiger partial charge is 0.319 e. The molecule has 2 N–H and O–H groups in total. The fraction of sp³-hybridized carbons (Fsp3) is 0.487. The number of nitrogens with zero attached hydrogens (tertiary/aromatic N) is 5. The van der Waals surface area contributed by atoms with E-state index in [2.05, 4.69) is 38.0 Å². The first-order valence-electron chi connectivity index (χ1n) is 17.8. The number of halogens is 3. The van der Waals surface area contributed by atoms with Crippen molar-refractivity contribution < 1.29 is 23.0 Å². The van der Waals surface area contributed by atoms with Crippen molar-refractivity contribution >= 4 is 27.5 Å². The molecule has 5 heterocycles. The molecule has 5 aliphatic rings. The molecule has 1 aliphatic carbocycles. The van der Waals surface area contributed by atoms with Gasteiger partial charge in [0, 0.05) is 66.6 Å². The van der Waals surface area contributed by atoms with Crippen LogP contribution in [0.15, 0.2) is 30.3 Å². The molecule has 2 unspecified atom stereocenters. The van der Waals surface area contributed by atoms with Gasteiger partial charge in [-0.15, -0.1) is 6.42 Å². The molecule has 0 radical (unpaired) electrons. The lowest BCUT2D eigenvalue weighted by molar-refractivity contribution is -0.0360. The largest absolute Gasteiger partial charge is 0.508 e. The van der Waals surface area contributed by atoms with Crippen LogP contribution in [0.25, 0.3) is 32.8 Å². The molecule has 0 amide bonds. The number of ether oxygens (including phenoxy) is 1. The van der Waals surface area contributed by atoms with Crippen molar-refractivity contribution in [3.63, 3.8) is 0 Å². The number of hydrogen-bond acceptors (Lipinski definition) is 8. The Morgan fingerprint density at radius 2 is 1.74 bits per heavy atom. The number of aromatic nitrogens is 2. The Kier molecular flexibility index (Phi) is 7.46. The van der Waals surface area contributed by atoms with Gasteiger partial charge in [-0.25, -0.2) is 13.2 Å². The molecular weight excluding hydrogens is 641 g/mol. The molecule has 8 nitrogen and oxygen atoms in total. The monoisotopic (exact) mass is 682 g/mol. The molecule has 4 aliphatic heterocycles. The maximum atomic E-state index is 17.0. The van der Waals surface area contributed by atoms with Crippen LogP contribution in [0.2, 0.25) is 0 Å². The van der Waals surface area contributed by atoms with Gasteiger partial charge in [0.05, 0.1) is 17.7 Å². The highest BCUT2D eigenvalue weighted by Gasteiger charge is 2.48. The van der Waals surface area contributed by atoms with E-state index in [0.717, 1.165) is 45.3 Å². The summed E-state index contributed by atoms with van der Waals surface area (Å²) in [6.45, 7) is 7.21. The van der Waals surface area contributed by atoms with Gasteiger partial charge in [-0.2, -0.15) is 9.97 Å². The third kappa shape index (κ3) is 5.43. The molecule has 260 valence electrons. The average molecular weight is 683 g/mol. The molecule has 2 atom stereocenters. The summed E-state index contributed by atoms with van der Waals surface area (Å²) in [5.41, 5.74) is -0.258. The second kappa shape index (κ2) is 11.7. The van der Waals surface area contributed by atoms with Gasteiger partial charge in [-0.05, 0) is 93.7 Å². The van der Waals surface area contributed by atoms with Crippen molar-refractivity contribution in [3.05, 3.63) is 53.3 Å². The van der Waals surface area contributed by atoms with Gasteiger partial charge in [-0.3, -0.25) is 0 Å². The van der Waals surface area contributed by atoms with Gasteiger partial charge in [0.1, 0.15) is 28.7 Å². The molecule has 11 heteroatoms. The highest BCUT2D eigenvalue weighted by atomic mass is 19.1. The predicted octanol–water partition coefficient (Wildman–Crippen LogP) is 5.68. The highest BCUT2D eigenvalue weighted by molar-refractivity contribution is 6.04. The molecule has 4 aromatic rings. The number of aromatic hydroxyl groups is 1. The van der Waals surface area contributed by atoms with E-state index in [1.54, 1.807) is 0 Å². The number of phenols is 1. The molecule has 9 rings (SSSR count). The highest BCUT2D eigenvalue weighted by Crippen LogP contribution is 2.49. The maximum absolute atomic E-state index is 17.0. The van der Waals surface area contributed by atoms with E-state index in [0.29, 0.717) is 36.3 Å². The second-order valence-corrected chi connectivity index (χ2v) is 15.7. The zero-order chi connectivity index (χ0) is 34.4. The van der Waals surface area contributed by atoms with Gasteiger partial charge in [0.15, 0.2) is 5.82 Å². The van der Waals surface area contributed by atoms with Crippen LogP contribution in [0.3, 0.4) is 0 Å². The third-order valence-electron chi connectivity index (χ3n) is 12.0. The number of fused-ring (bicyclic) bond motifs is 4. The molecule has 1 aromatic heterocycles. The normalized spacial score (nSPS) is 24.1. The molecule has 2 bridgehead atoms.